The summed E-state index contributed by atoms with van der Waals surface area (Å²) in [5, 5.41) is 3.76. The van der Waals surface area contributed by atoms with Crippen LogP contribution in [0.25, 0.3) is 0 Å². The maximum Gasteiger partial charge on any atom is 0.0735 e. The molecule has 0 amide bonds. The Balaban J connectivity index is 1.83. The number of aryl methyl sites for hydroxylation is 1. The number of fused-ring (bicyclic) bond motifs is 1. The Hall–Kier alpha value is -0.930. The number of pyridine rings is 1. The summed E-state index contributed by atoms with van der Waals surface area (Å²) in [6.07, 6.45) is 9.60. The van der Waals surface area contributed by atoms with Crippen molar-refractivity contribution in [3.05, 3.63) is 29.6 Å². The molecule has 0 radical (unpaired) electrons. The minimum atomic E-state index is 0.375. The molecule has 2 aliphatic rings. The minimum Gasteiger partial charge on any atom is -0.377 e. The van der Waals surface area contributed by atoms with Crippen LogP contribution in [-0.2, 0) is 11.2 Å². The molecule has 1 N–H and O–H groups in total. The van der Waals surface area contributed by atoms with Crippen molar-refractivity contribution >= 4 is 0 Å². The van der Waals surface area contributed by atoms with E-state index in [9.17, 15) is 0 Å². The summed E-state index contributed by atoms with van der Waals surface area (Å²) in [6.45, 7) is 4.23. The van der Waals surface area contributed by atoms with E-state index in [0.29, 0.717) is 18.1 Å². The van der Waals surface area contributed by atoms with Crippen LogP contribution in [0.5, 0.6) is 0 Å². The number of nitrogens with one attached hydrogen (secondary N) is 1. The molecule has 1 aliphatic heterocycles. The zero-order valence-electron chi connectivity index (χ0n) is 12.5. The van der Waals surface area contributed by atoms with Gasteiger partial charge in [0.05, 0.1) is 6.10 Å². The van der Waals surface area contributed by atoms with E-state index in [2.05, 4.69) is 24.4 Å². The number of hydrogen-bond acceptors (Lipinski definition) is 3. The number of ether oxygens (including phenoxy) is 1. The normalized spacial score (nSPS) is 27.2. The molecule has 0 spiro atoms. The van der Waals surface area contributed by atoms with E-state index in [0.717, 1.165) is 13.2 Å². The SMILES string of the molecule is CCCNC(C1CCCO1)C1CCCc2cccnc21. The zero-order valence-corrected chi connectivity index (χ0v) is 12.5. The number of hydrogen-bond donors (Lipinski definition) is 1. The molecule has 1 aromatic heterocycles. The highest BCUT2D eigenvalue weighted by Gasteiger charge is 2.35. The van der Waals surface area contributed by atoms with Crippen molar-refractivity contribution in [2.24, 2.45) is 0 Å². The first-order valence-corrected chi connectivity index (χ1v) is 8.19. The molecule has 1 saturated heterocycles. The van der Waals surface area contributed by atoms with Gasteiger partial charge in [-0.1, -0.05) is 13.0 Å². The average Bonchev–Trinajstić information content (AvgIpc) is 3.02. The van der Waals surface area contributed by atoms with E-state index in [1.54, 1.807) is 0 Å². The Labute approximate surface area is 122 Å². The van der Waals surface area contributed by atoms with Crippen molar-refractivity contribution in [3.63, 3.8) is 0 Å². The van der Waals surface area contributed by atoms with Gasteiger partial charge in [0, 0.05) is 30.5 Å². The second-order valence-corrected chi connectivity index (χ2v) is 6.08. The first-order chi connectivity index (χ1) is 9.90. The smallest absolute Gasteiger partial charge is 0.0735 e. The van der Waals surface area contributed by atoms with Crippen molar-refractivity contribution in [2.45, 2.75) is 63.5 Å². The van der Waals surface area contributed by atoms with Gasteiger partial charge in [-0.25, -0.2) is 0 Å². The van der Waals surface area contributed by atoms with Crippen LogP contribution in [0.4, 0.5) is 0 Å². The van der Waals surface area contributed by atoms with Crippen LogP contribution in [0.3, 0.4) is 0 Å². The van der Waals surface area contributed by atoms with Gasteiger partial charge < -0.3 is 10.1 Å². The molecule has 20 heavy (non-hydrogen) atoms. The molecule has 2 heterocycles. The fourth-order valence-electron chi connectivity index (χ4n) is 3.72. The van der Waals surface area contributed by atoms with Gasteiger partial charge >= 0.3 is 0 Å². The third-order valence-electron chi connectivity index (χ3n) is 4.67. The maximum atomic E-state index is 5.99. The van der Waals surface area contributed by atoms with E-state index in [1.807, 2.05) is 6.20 Å². The van der Waals surface area contributed by atoms with Crippen LogP contribution in [0.2, 0.25) is 0 Å². The zero-order chi connectivity index (χ0) is 13.8. The summed E-state index contributed by atoms with van der Waals surface area (Å²) in [7, 11) is 0. The molecule has 1 aromatic rings. The minimum absolute atomic E-state index is 0.375. The summed E-state index contributed by atoms with van der Waals surface area (Å²) in [5.41, 5.74) is 2.77. The molecular formula is C17H26N2O. The van der Waals surface area contributed by atoms with Crippen molar-refractivity contribution in [3.8, 4) is 0 Å². The molecule has 3 atom stereocenters. The molecule has 1 fully saturated rings. The third-order valence-corrected chi connectivity index (χ3v) is 4.67. The van der Waals surface area contributed by atoms with Gasteiger partial charge in [-0.2, -0.15) is 0 Å². The quantitative estimate of drug-likeness (QED) is 0.896. The fourth-order valence-corrected chi connectivity index (χ4v) is 3.72. The predicted molar refractivity (Wildman–Crippen MR) is 81.0 cm³/mol. The summed E-state index contributed by atoms with van der Waals surface area (Å²) < 4.78 is 5.99. The Bertz CT molecular complexity index is 429. The molecule has 0 bridgehead atoms. The van der Waals surface area contributed by atoms with Crippen molar-refractivity contribution in [1.82, 2.24) is 10.3 Å². The predicted octanol–water partition coefficient (Wildman–Crippen LogP) is 3.05. The highest BCUT2D eigenvalue weighted by Crippen LogP contribution is 2.35. The fraction of sp³-hybridized carbons (Fsp3) is 0.706. The highest BCUT2D eigenvalue weighted by atomic mass is 16.5. The summed E-state index contributed by atoms with van der Waals surface area (Å²) >= 11 is 0. The molecule has 3 nitrogen and oxygen atoms in total. The first kappa shape index (κ1) is 14.0. The molecule has 1 aliphatic carbocycles. The second kappa shape index (κ2) is 6.68. The van der Waals surface area contributed by atoms with Gasteiger partial charge in [-0.05, 0) is 56.7 Å². The van der Waals surface area contributed by atoms with Crippen molar-refractivity contribution < 1.29 is 4.74 Å². The van der Waals surface area contributed by atoms with Crippen LogP contribution in [0.1, 0.15) is 56.2 Å². The van der Waals surface area contributed by atoms with E-state index in [1.165, 1.54) is 49.8 Å². The van der Waals surface area contributed by atoms with Gasteiger partial charge in [-0.15, -0.1) is 0 Å². The van der Waals surface area contributed by atoms with E-state index in [-0.39, 0.29) is 0 Å². The topological polar surface area (TPSA) is 34.1 Å². The highest BCUT2D eigenvalue weighted by molar-refractivity contribution is 5.28. The van der Waals surface area contributed by atoms with Crippen LogP contribution in [0, 0.1) is 0 Å². The maximum absolute atomic E-state index is 5.99. The monoisotopic (exact) mass is 274 g/mol. The Morgan fingerprint density at radius 3 is 3.15 bits per heavy atom. The number of aromatic nitrogens is 1. The Kier molecular flexibility index (Phi) is 4.69. The molecule has 3 heteroatoms. The van der Waals surface area contributed by atoms with Crippen molar-refractivity contribution in [2.75, 3.05) is 13.2 Å². The van der Waals surface area contributed by atoms with Gasteiger partial charge in [0.1, 0.15) is 0 Å². The Morgan fingerprint density at radius 2 is 2.35 bits per heavy atom. The summed E-state index contributed by atoms with van der Waals surface area (Å²) in [6, 6.07) is 4.76. The van der Waals surface area contributed by atoms with Crippen LogP contribution < -0.4 is 5.32 Å². The van der Waals surface area contributed by atoms with E-state index >= 15 is 0 Å². The molecule has 0 saturated carbocycles. The molecular weight excluding hydrogens is 248 g/mol. The Morgan fingerprint density at radius 1 is 1.40 bits per heavy atom. The molecule has 3 rings (SSSR count). The lowest BCUT2D eigenvalue weighted by Gasteiger charge is -2.35. The van der Waals surface area contributed by atoms with Crippen LogP contribution >= 0.6 is 0 Å². The lowest BCUT2D eigenvalue weighted by Crippen LogP contribution is -2.45. The number of nitrogens with zero attached hydrogens (tertiary/aromatic N) is 1. The molecule has 3 unspecified atom stereocenters. The largest absolute Gasteiger partial charge is 0.377 e. The van der Waals surface area contributed by atoms with Crippen LogP contribution in [-0.4, -0.2) is 30.3 Å². The first-order valence-electron chi connectivity index (χ1n) is 8.19. The lowest BCUT2D eigenvalue weighted by molar-refractivity contribution is 0.0663. The van der Waals surface area contributed by atoms with E-state index < -0.39 is 0 Å². The standard InChI is InChI=1S/C17H26N2O/c1-2-10-18-17(15-9-5-12-20-15)14-8-3-6-13-7-4-11-19-16(13)14/h4,7,11,14-15,17-18H,2-3,5-6,8-10,12H2,1H3. The van der Waals surface area contributed by atoms with Gasteiger partial charge in [-0.3, -0.25) is 4.98 Å². The molecule has 0 aromatic carbocycles. The van der Waals surface area contributed by atoms with Crippen molar-refractivity contribution in [1.29, 1.82) is 0 Å². The second-order valence-electron chi connectivity index (χ2n) is 6.08. The summed E-state index contributed by atoms with van der Waals surface area (Å²) in [5.74, 6) is 0.523. The van der Waals surface area contributed by atoms with Gasteiger partial charge in [0.25, 0.3) is 0 Å². The van der Waals surface area contributed by atoms with Gasteiger partial charge in [0.2, 0.25) is 0 Å². The van der Waals surface area contributed by atoms with Crippen LogP contribution in [0.15, 0.2) is 18.3 Å². The van der Waals surface area contributed by atoms with Gasteiger partial charge in [0.15, 0.2) is 0 Å². The van der Waals surface area contributed by atoms with E-state index in [4.69, 9.17) is 9.72 Å². The molecule has 110 valence electrons. The summed E-state index contributed by atoms with van der Waals surface area (Å²) in [4.78, 5) is 4.71. The average molecular weight is 274 g/mol. The third kappa shape index (κ3) is 2.89. The number of rotatable bonds is 5. The lowest BCUT2D eigenvalue weighted by atomic mass is 9.79.